The van der Waals surface area contributed by atoms with Crippen molar-refractivity contribution in [2.75, 3.05) is 25.5 Å². The number of hydrogen-bond donors (Lipinski definition) is 1. The Hall–Kier alpha value is -2.63. The number of benzene rings is 2. The molecule has 1 saturated heterocycles. The molecular weight excluding hydrogens is 410 g/mol. The summed E-state index contributed by atoms with van der Waals surface area (Å²) in [6.45, 7) is 2.91. The van der Waals surface area contributed by atoms with E-state index in [4.69, 9.17) is 11.6 Å². The number of carbonyl (C=O) groups excluding carboxylic acids is 1. The Balaban J connectivity index is 1.46. The van der Waals surface area contributed by atoms with E-state index in [9.17, 15) is 9.59 Å². The van der Waals surface area contributed by atoms with Gasteiger partial charge in [0.2, 0.25) is 5.91 Å². The van der Waals surface area contributed by atoms with Gasteiger partial charge in [-0.15, -0.1) is 0 Å². The summed E-state index contributed by atoms with van der Waals surface area (Å²) in [5, 5.41) is 5.07. The summed E-state index contributed by atoms with van der Waals surface area (Å²) in [5.74, 6) is 0.448. The van der Waals surface area contributed by atoms with E-state index in [0.29, 0.717) is 34.9 Å². The van der Waals surface area contributed by atoms with Crippen molar-refractivity contribution in [2.24, 2.45) is 5.92 Å². The summed E-state index contributed by atoms with van der Waals surface area (Å²) in [6, 6.07) is 15.0. The zero-order valence-electron chi connectivity index (χ0n) is 17.8. The van der Waals surface area contributed by atoms with Gasteiger partial charge in [-0.1, -0.05) is 29.8 Å². The number of hydrogen-bond acceptors (Lipinski definition) is 3. The number of nitrogens with zero attached hydrogens (tertiary/aromatic N) is 2. The molecule has 1 fully saturated rings. The van der Waals surface area contributed by atoms with E-state index >= 15 is 0 Å². The van der Waals surface area contributed by atoms with Crippen LogP contribution in [0.25, 0.3) is 10.8 Å². The molecule has 0 radical (unpaired) electrons. The minimum absolute atomic E-state index is 0.00598. The maximum atomic E-state index is 13.1. The predicted octanol–water partition coefficient (Wildman–Crippen LogP) is 4.57. The van der Waals surface area contributed by atoms with Crippen LogP contribution in [0.5, 0.6) is 0 Å². The molecule has 2 heterocycles. The molecule has 3 aromatic rings. The zero-order chi connectivity index (χ0) is 21.8. The Labute approximate surface area is 187 Å². The standard InChI is InChI=1S/C25H28ClN3O2/c1-28-13-10-19(11-14-28)17-29-15-12-21-22(25(29)31)6-3-7-23(21)27-24(30)9-8-18-4-2-5-20(26)16-18/h2-7,12,15-16,19H,8-11,13-14,17H2,1H3,(H,27,30). The van der Waals surface area contributed by atoms with Crippen molar-refractivity contribution in [2.45, 2.75) is 32.2 Å². The van der Waals surface area contributed by atoms with Crippen LogP contribution in [0.3, 0.4) is 0 Å². The number of likely N-dealkylation sites (tertiary alicyclic amines) is 1. The minimum Gasteiger partial charge on any atom is -0.326 e. The van der Waals surface area contributed by atoms with Crippen LogP contribution >= 0.6 is 11.6 Å². The topological polar surface area (TPSA) is 54.3 Å². The van der Waals surface area contributed by atoms with Crippen molar-refractivity contribution in [3.63, 3.8) is 0 Å². The van der Waals surface area contributed by atoms with Crippen LogP contribution in [-0.2, 0) is 17.8 Å². The summed E-state index contributed by atoms with van der Waals surface area (Å²) in [7, 11) is 2.14. The number of piperidine rings is 1. The second-order valence-corrected chi connectivity index (χ2v) is 8.90. The first-order valence-electron chi connectivity index (χ1n) is 10.8. The molecule has 0 spiro atoms. The van der Waals surface area contributed by atoms with Crippen molar-refractivity contribution >= 4 is 34.0 Å². The summed E-state index contributed by atoms with van der Waals surface area (Å²) >= 11 is 6.02. The Kier molecular flexibility index (Phi) is 6.73. The largest absolute Gasteiger partial charge is 0.326 e. The third kappa shape index (κ3) is 5.35. The van der Waals surface area contributed by atoms with Crippen LogP contribution in [0.1, 0.15) is 24.8 Å². The molecule has 1 N–H and O–H groups in total. The molecule has 0 unspecified atom stereocenters. The Morgan fingerprint density at radius 3 is 2.65 bits per heavy atom. The van der Waals surface area contributed by atoms with Crippen LogP contribution < -0.4 is 10.9 Å². The highest BCUT2D eigenvalue weighted by atomic mass is 35.5. The number of anilines is 1. The fourth-order valence-electron chi connectivity index (χ4n) is 4.26. The summed E-state index contributed by atoms with van der Waals surface area (Å²) < 4.78 is 1.82. The lowest BCUT2D eigenvalue weighted by molar-refractivity contribution is -0.116. The maximum absolute atomic E-state index is 13.1. The van der Waals surface area contributed by atoms with Gasteiger partial charge in [-0.2, -0.15) is 0 Å². The number of aromatic nitrogens is 1. The SMILES string of the molecule is CN1CCC(Cn2ccc3c(NC(=O)CCc4cccc(Cl)c4)cccc3c2=O)CC1. The van der Waals surface area contributed by atoms with Gasteiger partial charge in [-0.25, -0.2) is 0 Å². The summed E-state index contributed by atoms with van der Waals surface area (Å²) in [4.78, 5) is 27.9. The smallest absolute Gasteiger partial charge is 0.258 e. The third-order valence-corrected chi connectivity index (χ3v) is 6.35. The number of aryl methyl sites for hydroxylation is 1. The zero-order valence-corrected chi connectivity index (χ0v) is 18.6. The van der Waals surface area contributed by atoms with Gasteiger partial charge in [0.15, 0.2) is 0 Å². The normalized spacial score (nSPS) is 15.3. The number of halogens is 1. The molecule has 0 atom stereocenters. The highest BCUT2D eigenvalue weighted by molar-refractivity contribution is 6.30. The molecule has 2 aromatic carbocycles. The van der Waals surface area contributed by atoms with Crippen molar-refractivity contribution in [3.05, 3.63) is 75.7 Å². The highest BCUT2D eigenvalue weighted by Crippen LogP contribution is 2.23. The Morgan fingerprint density at radius 2 is 1.87 bits per heavy atom. The lowest BCUT2D eigenvalue weighted by atomic mass is 9.97. The molecule has 0 aliphatic carbocycles. The third-order valence-electron chi connectivity index (χ3n) is 6.12. The fraction of sp³-hybridized carbons (Fsp3) is 0.360. The average molecular weight is 438 g/mol. The van der Waals surface area contributed by atoms with E-state index in [1.807, 2.05) is 59.3 Å². The summed E-state index contributed by atoms with van der Waals surface area (Å²) in [5.41, 5.74) is 1.71. The van der Waals surface area contributed by atoms with Gasteiger partial charge < -0.3 is 14.8 Å². The first kappa shape index (κ1) is 21.6. The number of carbonyl (C=O) groups is 1. The molecule has 1 aromatic heterocycles. The highest BCUT2D eigenvalue weighted by Gasteiger charge is 2.18. The van der Waals surface area contributed by atoms with E-state index in [-0.39, 0.29) is 11.5 Å². The molecule has 1 aliphatic heterocycles. The van der Waals surface area contributed by atoms with Gasteiger partial charge in [-0.3, -0.25) is 9.59 Å². The molecule has 162 valence electrons. The molecule has 31 heavy (non-hydrogen) atoms. The minimum atomic E-state index is -0.0806. The molecule has 1 aliphatic rings. The van der Waals surface area contributed by atoms with Crippen LogP contribution in [0.2, 0.25) is 5.02 Å². The lowest BCUT2D eigenvalue weighted by Gasteiger charge is -2.29. The lowest BCUT2D eigenvalue weighted by Crippen LogP contribution is -2.33. The molecule has 1 amide bonds. The number of fused-ring (bicyclic) bond motifs is 1. The van der Waals surface area contributed by atoms with E-state index in [0.717, 1.165) is 43.4 Å². The first-order chi connectivity index (χ1) is 15.0. The predicted molar refractivity (Wildman–Crippen MR) is 127 cm³/mol. The monoisotopic (exact) mass is 437 g/mol. The van der Waals surface area contributed by atoms with E-state index in [2.05, 4.69) is 17.3 Å². The van der Waals surface area contributed by atoms with E-state index in [1.54, 1.807) is 0 Å². The van der Waals surface area contributed by atoms with Gasteiger partial charge >= 0.3 is 0 Å². The van der Waals surface area contributed by atoms with Gasteiger partial charge in [-0.05, 0) is 81.2 Å². The van der Waals surface area contributed by atoms with Crippen LogP contribution in [0.15, 0.2) is 59.5 Å². The van der Waals surface area contributed by atoms with Crippen LogP contribution in [0, 0.1) is 5.92 Å². The number of amides is 1. The van der Waals surface area contributed by atoms with Crippen molar-refractivity contribution in [3.8, 4) is 0 Å². The molecule has 6 heteroatoms. The Bertz CT molecular complexity index is 1130. The second kappa shape index (κ2) is 9.67. The van der Waals surface area contributed by atoms with Gasteiger partial charge in [0.05, 0.1) is 0 Å². The van der Waals surface area contributed by atoms with Gasteiger partial charge in [0.1, 0.15) is 0 Å². The van der Waals surface area contributed by atoms with Crippen LogP contribution in [0.4, 0.5) is 5.69 Å². The van der Waals surface area contributed by atoms with Crippen molar-refractivity contribution < 1.29 is 4.79 Å². The average Bonchev–Trinajstić information content (AvgIpc) is 2.76. The molecular formula is C25H28ClN3O2. The molecule has 0 bridgehead atoms. The van der Waals surface area contributed by atoms with Crippen LogP contribution in [-0.4, -0.2) is 35.5 Å². The van der Waals surface area contributed by atoms with Gasteiger partial charge in [0, 0.05) is 40.6 Å². The van der Waals surface area contributed by atoms with Crippen molar-refractivity contribution in [1.29, 1.82) is 0 Å². The van der Waals surface area contributed by atoms with E-state index < -0.39 is 0 Å². The molecule has 0 saturated carbocycles. The molecule has 5 nitrogen and oxygen atoms in total. The van der Waals surface area contributed by atoms with Gasteiger partial charge in [0.25, 0.3) is 5.56 Å². The molecule has 4 rings (SSSR count). The Morgan fingerprint density at radius 1 is 1.10 bits per heavy atom. The quantitative estimate of drug-likeness (QED) is 0.614. The maximum Gasteiger partial charge on any atom is 0.258 e. The second-order valence-electron chi connectivity index (χ2n) is 8.46. The fourth-order valence-corrected chi connectivity index (χ4v) is 4.47. The first-order valence-corrected chi connectivity index (χ1v) is 11.2. The number of pyridine rings is 1. The number of rotatable bonds is 6. The summed E-state index contributed by atoms with van der Waals surface area (Å²) in [6.07, 6.45) is 5.06. The van der Waals surface area contributed by atoms with E-state index in [1.165, 1.54) is 0 Å². The number of nitrogens with one attached hydrogen (secondary N) is 1. The van der Waals surface area contributed by atoms with Crippen molar-refractivity contribution in [1.82, 2.24) is 9.47 Å².